The number of carbonyl (C=O) groups excluding carboxylic acids is 1. The maximum atomic E-state index is 11.1. The molecule has 3 nitrogen and oxygen atoms in total. The Morgan fingerprint density at radius 3 is 2.23 bits per heavy atom. The molecule has 13 heavy (non-hydrogen) atoms. The van der Waals surface area contributed by atoms with Crippen LogP contribution in [0.1, 0.15) is 10.4 Å². The molecule has 0 aliphatic heterocycles. The van der Waals surface area contributed by atoms with Crippen LogP contribution in [0.3, 0.4) is 0 Å². The van der Waals surface area contributed by atoms with E-state index in [1.807, 2.05) is 0 Å². The Morgan fingerprint density at radius 2 is 1.85 bits per heavy atom. The summed E-state index contributed by atoms with van der Waals surface area (Å²) in [6, 6.07) is 2.89. The van der Waals surface area contributed by atoms with Crippen molar-refractivity contribution in [3.63, 3.8) is 0 Å². The molecule has 0 saturated heterocycles. The molecular weight excluding hydrogens is 213 g/mol. The molecule has 0 fully saturated rings. The Kier molecular flexibility index (Phi) is 3.01. The molecule has 0 bridgehead atoms. The summed E-state index contributed by atoms with van der Waals surface area (Å²) in [5.74, 6) is -0.574. The molecule has 0 aliphatic rings. The molecule has 0 atom stereocenters. The lowest BCUT2D eigenvalue weighted by atomic mass is 10.2. The summed E-state index contributed by atoms with van der Waals surface area (Å²) in [4.78, 5) is 11.1. The first-order valence-corrected chi connectivity index (χ1v) is 4.14. The topological polar surface area (TPSA) is 52.3 Å². The van der Waals surface area contributed by atoms with E-state index >= 15 is 0 Å². The Morgan fingerprint density at radius 1 is 1.38 bits per heavy atom. The van der Waals surface area contributed by atoms with Gasteiger partial charge in [0.1, 0.15) is 0 Å². The number of nitrogens with two attached hydrogens (primary N) is 1. The number of benzene rings is 1. The third kappa shape index (κ3) is 2.05. The summed E-state index contributed by atoms with van der Waals surface area (Å²) in [5, 5.41) is 0.383. The van der Waals surface area contributed by atoms with E-state index in [-0.39, 0.29) is 15.6 Å². The first-order valence-electron chi connectivity index (χ1n) is 3.39. The maximum Gasteiger partial charge on any atom is 0.340 e. The summed E-state index contributed by atoms with van der Waals surface area (Å²) in [7, 11) is 1.26. The third-order valence-corrected chi connectivity index (χ3v) is 2.05. The Hall–Kier alpha value is -0.930. The molecule has 1 aromatic rings. The molecule has 0 radical (unpaired) electrons. The Labute approximate surface area is 85.4 Å². The fraction of sp³-hybridized carbons (Fsp3) is 0.125. The van der Waals surface area contributed by atoms with E-state index in [1.165, 1.54) is 19.2 Å². The highest BCUT2D eigenvalue weighted by Gasteiger charge is 2.15. The van der Waals surface area contributed by atoms with Crippen LogP contribution in [0, 0.1) is 0 Å². The minimum Gasteiger partial charge on any atom is -0.465 e. The number of rotatable bonds is 1. The molecular formula is C8H7Cl2NO2. The summed E-state index contributed by atoms with van der Waals surface area (Å²) >= 11 is 11.5. The number of nitrogen functional groups attached to an aromatic ring is 1. The normalized spacial score (nSPS) is 9.77. The van der Waals surface area contributed by atoms with Crippen LogP contribution in [-0.4, -0.2) is 13.1 Å². The van der Waals surface area contributed by atoms with Crippen LogP contribution < -0.4 is 5.73 Å². The molecule has 0 aliphatic carbocycles. The van der Waals surface area contributed by atoms with Crippen LogP contribution in [-0.2, 0) is 4.74 Å². The summed E-state index contributed by atoms with van der Waals surface area (Å²) in [6.07, 6.45) is 0. The highest BCUT2D eigenvalue weighted by Crippen LogP contribution is 2.28. The van der Waals surface area contributed by atoms with Crippen molar-refractivity contribution in [3.05, 3.63) is 27.7 Å². The Balaban J connectivity index is 3.28. The van der Waals surface area contributed by atoms with Crippen molar-refractivity contribution < 1.29 is 9.53 Å². The molecule has 0 spiro atoms. The molecule has 0 heterocycles. The van der Waals surface area contributed by atoms with Gasteiger partial charge in [-0.25, -0.2) is 4.79 Å². The monoisotopic (exact) mass is 219 g/mol. The van der Waals surface area contributed by atoms with E-state index in [4.69, 9.17) is 28.9 Å². The van der Waals surface area contributed by atoms with E-state index in [1.54, 1.807) is 0 Å². The number of carbonyl (C=O) groups is 1. The van der Waals surface area contributed by atoms with E-state index in [0.717, 1.165) is 0 Å². The van der Waals surface area contributed by atoms with Crippen LogP contribution in [0.4, 0.5) is 5.69 Å². The van der Waals surface area contributed by atoms with Crippen LogP contribution >= 0.6 is 23.2 Å². The van der Waals surface area contributed by atoms with Crippen LogP contribution in [0.2, 0.25) is 10.0 Å². The number of ether oxygens (including phenoxy) is 1. The molecule has 70 valence electrons. The second kappa shape index (κ2) is 3.85. The minimum atomic E-state index is -0.574. The van der Waals surface area contributed by atoms with Gasteiger partial charge < -0.3 is 10.5 Å². The van der Waals surface area contributed by atoms with Crippen LogP contribution in [0.5, 0.6) is 0 Å². The molecule has 0 amide bonds. The lowest BCUT2D eigenvalue weighted by Crippen LogP contribution is -2.03. The van der Waals surface area contributed by atoms with E-state index in [0.29, 0.717) is 5.69 Å². The zero-order valence-electron chi connectivity index (χ0n) is 6.80. The predicted octanol–water partition coefficient (Wildman–Crippen LogP) is 2.36. The maximum absolute atomic E-state index is 11.1. The average Bonchev–Trinajstić information content (AvgIpc) is 2.02. The summed E-state index contributed by atoms with van der Waals surface area (Å²) in [6.45, 7) is 0. The first kappa shape index (κ1) is 10.2. The minimum absolute atomic E-state index is 0.139. The van der Waals surface area contributed by atoms with Gasteiger partial charge in [0.15, 0.2) is 0 Å². The van der Waals surface area contributed by atoms with Crippen molar-refractivity contribution in [1.29, 1.82) is 0 Å². The number of hydrogen-bond acceptors (Lipinski definition) is 3. The van der Waals surface area contributed by atoms with Crippen molar-refractivity contribution in [2.75, 3.05) is 12.8 Å². The van der Waals surface area contributed by atoms with Gasteiger partial charge in [0.2, 0.25) is 0 Å². The zero-order chi connectivity index (χ0) is 10.0. The van der Waals surface area contributed by atoms with E-state index in [9.17, 15) is 4.79 Å². The van der Waals surface area contributed by atoms with Crippen molar-refractivity contribution in [1.82, 2.24) is 0 Å². The smallest absolute Gasteiger partial charge is 0.340 e. The molecule has 5 heteroatoms. The molecule has 1 aromatic carbocycles. The van der Waals surface area contributed by atoms with Crippen molar-refractivity contribution in [2.45, 2.75) is 0 Å². The van der Waals surface area contributed by atoms with Gasteiger partial charge in [-0.15, -0.1) is 0 Å². The van der Waals surface area contributed by atoms with Gasteiger partial charge in [0.25, 0.3) is 0 Å². The van der Waals surface area contributed by atoms with Gasteiger partial charge in [-0.2, -0.15) is 0 Å². The molecule has 0 aromatic heterocycles. The first-order chi connectivity index (χ1) is 6.06. The van der Waals surface area contributed by atoms with Gasteiger partial charge in [0.05, 0.1) is 22.7 Å². The highest BCUT2D eigenvalue weighted by atomic mass is 35.5. The number of hydrogen-bond donors (Lipinski definition) is 1. The second-order valence-corrected chi connectivity index (χ2v) is 3.17. The quantitative estimate of drug-likeness (QED) is 0.583. The molecule has 0 unspecified atom stereocenters. The third-order valence-electron chi connectivity index (χ3n) is 1.45. The number of esters is 1. The summed E-state index contributed by atoms with van der Waals surface area (Å²) < 4.78 is 4.49. The fourth-order valence-electron chi connectivity index (χ4n) is 0.890. The average molecular weight is 220 g/mol. The number of anilines is 1. The SMILES string of the molecule is COC(=O)c1c(Cl)cc(N)cc1Cl. The van der Waals surface area contributed by atoms with Crippen LogP contribution in [0.25, 0.3) is 0 Å². The van der Waals surface area contributed by atoms with Gasteiger partial charge in [-0.05, 0) is 12.1 Å². The molecule has 1 rings (SSSR count). The van der Waals surface area contributed by atoms with Crippen LogP contribution in [0.15, 0.2) is 12.1 Å². The highest BCUT2D eigenvalue weighted by molar-refractivity contribution is 6.39. The molecule has 2 N–H and O–H groups in total. The predicted molar refractivity (Wildman–Crippen MR) is 52.2 cm³/mol. The van der Waals surface area contributed by atoms with E-state index < -0.39 is 5.97 Å². The molecule has 0 saturated carbocycles. The summed E-state index contributed by atoms with van der Waals surface area (Å²) in [5.41, 5.74) is 5.99. The van der Waals surface area contributed by atoms with Crippen molar-refractivity contribution in [2.24, 2.45) is 0 Å². The Bertz CT molecular complexity index is 329. The van der Waals surface area contributed by atoms with Gasteiger partial charge >= 0.3 is 5.97 Å². The largest absolute Gasteiger partial charge is 0.465 e. The number of halogens is 2. The lowest BCUT2D eigenvalue weighted by molar-refractivity contribution is 0.0601. The fourth-order valence-corrected chi connectivity index (χ4v) is 1.55. The number of methoxy groups -OCH3 is 1. The van der Waals surface area contributed by atoms with Gasteiger partial charge in [-0.3, -0.25) is 0 Å². The zero-order valence-corrected chi connectivity index (χ0v) is 8.32. The van der Waals surface area contributed by atoms with Gasteiger partial charge in [0, 0.05) is 5.69 Å². The van der Waals surface area contributed by atoms with E-state index in [2.05, 4.69) is 4.74 Å². The second-order valence-electron chi connectivity index (χ2n) is 2.35. The van der Waals surface area contributed by atoms with Crippen molar-refractivity contribution >= 4 is 34.9 Å². The standard InChI is InChI=1S/C8H7Cl2NO2/c1-13-8(12)7-5(9)2-4(11)3-6(7)10/h2-3H,11H2,1H3. The lowest BCUT2D eigenvalue weighted by Gasteiger charge is -2.05. The van der Waals surface area contributed by atoms with Gasteiger partial charge in [-0.1, -0.05) is 23.2 Å². The van der Waals surface area contributed by atoms with Crippen molar-refractivity contribution in [3.8, 4) is 0 Å².